The number of ether oxygens (including phenoxy) is 2. The van der Waals surface area contributed by atoms with Crippen molar-refractivity contribution < 1.29 is 9.47 Å². The van der Waals surface area contributed by atoms with Crippen LogP contribution in [0.3, 0.4) is 0 Å². The molecule has 3 nitrogen and oxygen atoms in total. The van der Waals surface area contributed by atoms with E-state index < -0.39 is 0 Å². The molecule has 1 aromatic rings. The highest BCUT2D eigenvalue weighted by molar-refractivity contribution is 5.40. The van der Waals surface area contributed by atoms with Crippen LogP contribution in [-0.2, 0) is 15.9 Å². The zero-order valence-electron chi connectivity index (χ0n) is 10.2. The summed E-state index contributed by atoms with van der Waals surface area (Å²) in [5.74, 6) is 0.613. The highest BCUT2D eigenvalue weighted by atomic mass is 16.5. The van der Waals surface area contributed by atoms with Gasteiger partial charge in [0.2, 0.25) is 0 Å². The van der Waals surface area contributed by atoms with Gasteiger partial charge < -0.3 is 15.2 Å². The van der Waals surface area contributed by atoms with Crippen LogP contribution in [0.5, 0.6) is 0 Å². The fraction of sp³-hybridized carbons (Fsp3) is 0.571. The Morgan fingerprint density at radius 1 is 1.41 bits per heavy atom. The predicted octanol–water partition coefficient (Wildman–Crippen LogP) is 2.25. The molecule has 0 aromatic heterocycles. The molecular weight excluding hydrogens is 214 g/mol. The summed E-state index contributed by atoms with van der Waals surface area (Å²) in [6.45, 7) is 3.44. The molecule has 17 heavy (non-hydrogen) atoms. The second kappa shape index (κ2) is 6.62. The molecule has 0 aliphatic carbocycles. The highest BCUT2D eigenvalue weighted by Gasteiger charge is 2.15. The van der Waals surface area contributed by atoms with Crippen molar-refractivity contribution in [2.45, 2.75) is 19.3 Å². The summed E-state index contributed by atoms with van der Waals surface area (Å²) >= 11 is 0. The second-order valence-corrected chi connectivity index (χ2v) is 4.65. The molecule has 1 saturated heterocycles. The van der Waals surface area contributed by atoms with Gasteiger partial charge in [-0.05, 0) is 37.0 Å². The third-order valence-corrected chi connectivity index (χ3v) is 3.08. The molecule has 94 valence electrons. The van der Waals surface area contributed by atoms with Gasteiger partial charge in [-0.2, -0.15) is 0 Å². The minimum Gasteiger partial charge on any atom is -0.399 e. The molecule has 0 bridgehead atoms. The van der Waals surface area contributed by atoms with E-state index in [0.29, 0.717) is 5.92 Å². The van der Waals surface area contributed by atoms with Crippen LogP contribution >= 0.6 is 0 Å². The van der Waals surface area contributed by atoms with Crippen molar-refractivity contribution >= 4 is 5.69 Å². The number of rotatable bonds is 6. The monoisotopic (exact) mass is 235 g/mol. The Kier molecular flexibility index (Phi) is 4.83. The number of aryl methyl sites for hydroxylation is 1. The highest BCUT2D eigenvalue weighted by Crippen LogP contribution is 2.13. The number of hydrogen-bond acceptors (Lipinski definition) is 3. The predicted molar refractivity (Wildman–Crippen MR) is 68.9 cm³/mol. The van der Waals surface area contributed by atoms with Gasteiger partial charge in [0, 0.05) is 24.8 Å². The van der Waals surface area contributed by atoms with Crippen molar-refractivity contribution in [2.24, 2.45) is 5.92 Å². The Morgan fingerprint density at radius 3 is 3.12 bits per heavy atom. The molecule has 0 spiro atoms. The molecule has 2 rings (SSSR count). The molecule has 1 atom stereocenters. The quantitative estimate of drug-likeness (QED) is 0.607. The molecular formula is C14H21NO2. The summed E-state index contributed by atoms with van der Waals surface area (Å²) < 4.78 is 11.0. The summed E-state index contributed by atoms with van der Waals surface area (Å²) in [7, 11) is 0. The van der Waals surface area contributed by atoms with E-state index in [-0.39, 0.29) is 0 Å². The Balaban J connectivity index is 1.56. The largest absolute Gasteiger partial charge is 0.399 e. The van der Waals surface area contributed by atoms with E-state index in [9.17, 15) is 0 Å². The number of benzene rings is 1. The third-order valence-electron chi connectivity index (χ3n) is 3.08. The van der Waals surface area contributed by atoms with Gasteiger partial charge in [-0.25, -0.2) is 0 Å². The molecule has 1 aliphatic rings. The van der Waals surface area contributed by atoms with E-state index >= 15 is 0 Å². The lowest BCUT2D eigenvalue weighted by Gasteiger charge is -2.08. The minimum atomic E-state index is 0.613. The number of nitrogen functional groups attached to an aromatic ring is 1. The minimum absolute atomic E-state index is 0.613. The molecule has 1 fully saturated rings. The van der Waals surface area contributed by atoms with Crippen molar-refractivity contribution in [2.75, 3.05) is 32.2 Å². The lowest BCUT2D eigenvalue weighted by molar-refractivity contribution is 0.0884. The zero-order valence-corrected chi connectivity index (χ0v) is 10.2. The fourth-order valence-corrected chi connectivity index (χ4v) is 2.09. The van der Waals surface area contributed by atoms with E-state index in [2.05, 4.69) is 6.07 Å². The van der Waals surface area contributed by atoms with Crippen molar-refractivity contribution in [1.82, 2.24) is 0 Å². The topological polar surface area (TPSA) is 44.5 Å². The van der Waals surface area contributed by atoms with E-state index in [4.69, 9.17) is 15.2 Å². The molecule has 0 amide bonds. The van der Waals surface area contributed by atoms with Gasteiger partial charge in [0.15, 0.2) is 0 Å². The summed E-state index contributed by atoms with van der Waals surface area (Å²) in [6, 6.07) is 8.06. The zero-order chi connectivity index (χ0) is 11.9. The van der Waals surface area contributed by atoms with Crippen LogP contribution in [0.4, 0.5) is 5.69 Å². The molecule has 1 aliphatic heterocycles. The van der Waals surface area contributed by atoms with E-state index in [1.807, 2.05) is 18.2 Å². The van der Waals surface area contributed by atoms with Crippen molar-refractivity contribution in [3.05, 3.63) is 29.8 Å². The SMILES string of the molecule is Nc1cccc(CCCOCC2CCOC2)c1. The number of nitrogens with two attached hydrogens (primary N) is 1. The maximum absolute atomic E-state index is 5.73. The molecule has 0 radical (unpaired) electrons. The standard InChI is InChI=1S/C14H21NO2/c15-14-5-1-3-12(9-14)4-2-7-16-10-13-6-8-17-11-13/h1,3,5,9,13H,2,4,6-8,10-11,15H2. The first-order chi connectivity index (χ1) is 8.34. The van der Waals surface area contributed by atoms with Crippen LogP contribution in [0.25, 0.3) is 0 Å². The van der Waals surface area contributed by atoms with E-state index in [1.54, 1.807) is 0 Å². The van der Waals surface area contributed by atoms with Gasteiger partial charge in [-0.3, -0.25) is 0 Å². The van der Waals surface area contributed by atoms with Crippen LogP contribution in [-0.4, -0.2) is 26.4 Å². The fourth-order valence-electron chi connectivity index (χ4n) is 2.09. The molecule has 1 heterocycles. The van der Waals surface area contributed by atoms with Crippen LogP contribution in [0, 0.1) is 5.92 Å². The van der Waals surface area contributed by atoms with E-state index in [0.717, 1.165) is 51.4 Å². The second-order valence-electron chi connectivity index (χ2n) is 4.65. The van der Waals surface area contributed by atoms with Gasteiger partial charge >= 0.3 is 0 Å². The number of hydrogen-bond donors (Lipinski definition) is 1. The summed E-state index contributed by atoms with van der Waals surface area (Å²) in [4.78, 5) is 0. The lowest BCUT2D eigenvalue weighted by Crippen LogP contribution is -2.10. The maximum Gasteiger partial charge on any atom is 0.0517 e. The maximum atomic E-state index is 5.73. The van der Waals surface area contributed by atoms with Crippen LogP contribution < -0.4 is 5.73 Å². The average molecular weight is 235 g/mol. The van der Waals surface area contributed by atoms with Gasteiger partial charge in [0.1, 0.15) is 0 Å². The molecule has 1 aromatic carbocycles. The normalized spacial score (nSPS) is 19.6. The van der Waals surface area contributed by atoms with Crippen LogP contribution in [0.2, 0.25) is 0 Å². The molecule has 0 saturated carbocycles. The molecule has 1 unspecified atom stereocenters. The summed E-state index contributed by atoms with van der Waals surface area (Å²) in [5.41, 5.74) is 7.86. The van der Waals surface area contributed by atoms with Gasteiger partial charge in [0.25, 0.3) is 0 Å². The Hall–Kier alpha value is -1.06. The van der Waals surface area contributed by atoms with Gasteiger partial charge in [-0.1, -0.05) is 12.1 Å². The van der Waals surface area contributed by atoms with Gasteiger partial charge in [0.05, 0.1) is 13.2 Å². The van der Waals surface area contributed by atoms with Crippen molar-refractivity contribution in [3.8, 4) is 0 Å². The van der Waals surface area contributed by atoms with Crippen LogP contribution in [0.15, 0.2) is 24.3 Å². The number of anilines is 1. The Morgan fingerprint density at radius 2 is 2.35 bits per heavy atom. The first kappa shape index (κ1) is 12.4. The van der Waals surface area contributed by atoms with Crippen molar-refractivity contribution in [1.29, 1.82) is 0 Å². The lowest BCUT2D eigenvalue weighted by atomic mass is 10.1. The summed E-state index contributed by atoms with van der Waals surface area (Å²) in [5, 5.41) is 0. The van der Waals surface area contributed by atoms with Gasteiger partial charge in [-0.15, -0.1) is 0 Å². The van der Waals surface area contributed by atoms with E-state index in [1.165, 1.54) is 5.56 Å². The first-order valence-electron chi connectivity index (χ1n) is 6.34. The summed E-state index contributed by atoms with van der Waals surface area (Å²) in [6.07, 6.45) is 3.23. The first-order valence-corrected chi connectivity index (χ1v) is 6.34. The molecule has 3 heteroatoms. The van der Waals surface area contributed by atoms with Crippen LogP contribution in [0.1, 0.15) is 18.4 Å². The smallest absolute Gasteiger partial charge is 0.0517 e. The Bertz CT molecular complexity index is 335. The Labute approximate surface area is 103 Å². The van der Waals surface area contributed by atoms with Crippen molar-refractivity contribution in [3.63, 3.8) is 0 Å². The third kappa shape index (κ3) is 4.36. The average Bonchev–Trinajstić information content (AvgIpc) is 2.82. The molecule has 2 N–H and O–H groups in total.